The molecule has 192 valence electrons. The molecule has 0 radical (unpaired) electrons. The number of likely N-dealkylation sites (N-methyl/N-ethyl adjacent to an activating group) is 1. The fraction of sp³-hybridized carbons (Fsp3) is 0.393. The lowest BCUT2D eigenvalue weighted by Crippen LogP contribution is -2.28. The number of nitrogen functional groups attached to an aromatic ring is 1. The minimum Gasteiger partial charge on any atom is -0.395 e. The molecule has 0 aliphatic rings. The second kappa shape index (κ2) is 14.2. The summed E-state index contributed by atoms with van der Waals surface area (Å²) < 4.78 is 3.85. The molecule has 0 bridgehead atoms. The first-order valence-corrected chi connectivity index (χ1v) is 12.7. The molecule has 36 heavy (non-hydrogen) atoms. The molecule has 3 heterocycles. The molecule has 0 spiro atoms. The molecule has 0 fully saturated rings. The van der Waals surface area contributed by atoms with Crippen LogP contribution in [0, 0.1) is 6.92 Å². The molecule has 0 unspecified atom stereocenters. The summed E-state index contributed by atoms with van der Waals surface area (Å²) in [4.78, 5) is 6.21. The fourth-order valence-corrected chi connectivity index (χ4v) is 4.03. The van der Waals surface area contributed by atoms with Crippen molar-refractivity contribution in [3.63, 3.8) is 0 Å². The van der Waals surface area contributed by atoms with Gasteiger partial charge in [-0.3, -0.25) is 4.68 Å². The van der Waals surface area contributed by atoms with E-state index in [0.717, 1.165) is 62.3 Å². The van der Waals surface area contributed by atoms with Crippen LogP contribution in [0.25, 0.3) is 11.6 Å². The third-order valence-corrected chi connectivity index (χ3v) is 6.01. The van der Waals surface area contributed by atoms with E-state index < -0.39 is 0 Å². The van der Waals surface area contributed by atoms with Crippen LogP contribution >= 0.6 is 0 Å². The largest absolute Gasteiger partial charge is 0.395 e. The van der Waals surface area contributed by atoms with Crippen molar-refractivity contribution >= 4 is 17.4 Å². The summed E-state index contributed by atoms with van der Waals surface area (Å²) >= 11 is 0. The SMILES string of the molecule is CC/C=C\c1nn(Cc2ccccc2)cc1C.CCN(CCO)CCCc1ccc2c(N)ncnn12. The van der Waals surface area contributed by atoms with Gasteiger partial charge in [-0.25, -0.2) is 9.50 Å². The van der Waals surface area contributed by atoms with Gasteiger partial charge >= 0.3 is 0 Å². The van der Waals surface area contributed by atoms with Crippen LogP contribution in [0.4, 0.5) is 5.82 Å². The van der Waals surface area contributed by atoms with Gasteiger partial charge in [0, 0.05) is 18.4 Å². The molecule has 0 aliphatic carbocycles. The number of benzene rings is 1. The van der Waals surface area contributed by atoms with E-state index in [1.54, 1.807) is 0 Å². The maximum Gasteiger partial charge on any atom is 0.151 e. The van der Waals surface area contributed by atoms with Crippen molar-refractivity contribution in [2.75, 3.05) is 32.0 Å². The number of aliphatic hydroxyl groups is 1. The van der Waals surface area contributed by atoms with Crippen LogP contribution in [0.2, 0.25) is 0 Å². The van der Waals surface area contributed by atoms with Gasteiger partial charge in [0.25, 0.3) is 0 Å². The predicted octanol–water partition coefficient (Wildman–Crippen LogP) is 4.22. The summed E-state index contributed by atoms with van der Waals surface area (Å²) in [5, 5.41) is 17.7. The topological polar surface area (TPSA) is 97.5 Å². The van der Waals surface area contributed by atoms with Gasteiger partial charge in [0.1, 0.15) is 11.8 Å². The molecule has 0 aliphatic heterocycles. The van der Waals surface area contributed by atoms with E-state index in [2.05, 4.69) is 83.5 Å². The number of hydrogen-bond acceptors (Lipinski definition) is 6. The van der Waals surface area contributed by atoms with Gasteiger partial charge in [-0.2, -0.15) is 10.2 Å². The lowest BCUT2D eigenvalue weighted by molar-refractivity contribution is 0.200. The van der Waals surface area contributed by atoms with Crippen LogP contribution in [0.5, 0.6) is 0 Å². The summed E-state index contributed by atoms with van der Waals surface area (Å²) in [6, 6.07) is 14.4. The Hall–Kier alpha value is -3.49. The molecule has 0 saturated heterocycles. The first-order valence-electron chi connectivity index (χ1n) is 12.7. The lowest BCUT2D eigenvalue weighted by Gasteiger charge is -2.18. The van der Waals surface area contributed by atoms with E-state index >= 15 is 0 Å². The quantitative estimate of drug-likeness (QED) is 0.327. The third-order valence-electron chi connectivity index (χ3n) is 6.01. The average Bonchev–Trinajstić information content (AvgIpc) is 3.46. The normalized spacial score (nSPS) is 11.4. The number of nitrogens with zero attached hydrogens (tertiary/aromatic N) is 6. The average molecular weight is 490 g/mol. The van der Waals surface area contributed by atoms with Gasteiger partial charge < -0.3 is 15.7 Å². The van der Waals surface area contributed by atoms with E-state index in [1.165, 1.54) is 17.5 Å². The Morgan fingerprint density at radius 3 is 2.61 bits per heavy atom. The number of aliphatic hydroxyl groups excluding tert-OH is 1. The molecule has 0 amide bonds. The molecule has 0 saturated carbocycles. The van der Waals surface area contributed by atoms with Gasteiger partial charge in [0.15, 0.2) is 5.82 Å². The van der Waals surface area contributed by atoms with Gasteiger partial charge in [-0.05, 0) is 68.6 Å². The van der Waals surface area contributed by atoms with E-state index in [1.807, 2.05) is 27.4 Å². The Labute approximate surface area is 214 Å². The van der Waals surface area contributed by atoms with Crippen molar-refractivity contribution in [1.82, 2.24) is 29.3 Å². The molecule has 1 aromatic carbocycles. The number of anilines is 1. The second-order valence-corrected chi connectivity index (χ2v) is 8.72. The molecule has 8 nitrogen and oxygen atoms in total. The first-order chi connectivity index (χ1) is 17.5. The number of aryl methyl sites for hydroxylation is 2. The summed E-state index contributed by atoms with van der Waals surface area (Å²) in [5.41, 5.74) is 11.4. The molecular weight excluding hydrogens is 450 g/mol. The maximum absolute atomic E-state index is 8.95. The monoisotopic (exact) mass is 489 g/mol. The Morgan fingerprint density at radius 2 is 1.89 bits per heavy atom. The van der Waals surface area contributed by atoms with Crippen LogP contribution in [0.15, 0.2) is 61.1 Å². The van der Waals surface area contributed by atoms with Crippen molar-refractivity contribution in [1.29, 1.82) is 0 Å². The summed E-state index contributed by atoms with van der Waals surface area (Å²) in [5.74, 6) is 0.511. The highest BCUT2D eigenvalue weighted by atomic mass is 16.3. The van der Waals surface area contributed by atoms with Gasteiger partial charge in [-0.1, -0.05) is 50.3 Å². The molecule has 4 rings (SSSR count). The Bertz CT molecular complexity index is 1210. The Kier molecular flexibility index (Phi) is 10.7. The van der Waals surface area contributed by atoms with Crippen molar-refractivity contribution in [2.24, 2.45) is 0 Å². The zero-order valence-electron chi connectivity index (χ0n) is 21.7. The lowest BCUT2D eigenvalue weighted by atomic mass is 10.2. The number of fused-ring (bicyclic) bond motifs is 1. The van der Waals surface area contributed by atoms with Gasteiger partial charge in [0.05, 0.1) is 18.8 Å². The van der Waals surface area contributed by atoms with Gasteiger partial charge in [0.2, 0.25) is 0 Å². The standard InChI is InChI=1S/C15H18N2.C13H21N5O/c1-3-4-10-15-13(2)11-17(16-15)12-14-8-6-5-7-9-14;1-2-17(8-9-19)7-3-4-11-5-6-12-13(14)15-10-16-18(11)12/h4-11H,3,12H2,1-2H3;5-6,10,19H,2-4,7-9H2,1H3,(H2,14,15,16)/b10-4-;. The molecule has 4 aromatic rings. The van der Waals surface area contributed by atoms with Gasteiger partial charge in [-0.15, -0.1) is 0 Å². The Balaban J connectivity index is 0.000000202. The summed E-state index contributed by atoms with van der Waals surface area (Å²) in [6.45, 7) is 10.1. The van der Waals surface area contributed by atoms with E-state index in [-0.39, 0.29) is 6.61 Å². The summed E-state index contributed by atoms with van der Waals surface area (Å²) in [7, 11) is 0. The summed E-state index contributed by atoms with van der Waals surface area (Å²) in [6.07, 6.45) is 10.8. The third kappa shape index (κ3) is 7.76. The zero-order chi connectivity index (χ0) is 25.8. The second-order valence-electron chi connectivity index (χ2n) is 8.72. The number of rotatable bonds is 11. The molecule has 0 atom stereocenters. The van der Waals surface area contributed by atoms with E-state index in [9.17, 15) is 0 Å². The predicted molar refractivity (Wildman–Crippen MR) is 147 cm³/mol. The molecule has 8 heteroatoms. The van der Waals surface area contributed by atoms with Crippen LogP contribution < -0.4 is 5.73 Å². The van der Waals surface area contributed by atoms with Crippen LogP contribution in [-0.2, 0) is 13.0 Å². The van der Waals surface area contributed by atoms with Crippen LogP contribution in [0.1, 0.15) is 49.2 Å². The van der Waals surface area contributed by atoms with Crippen molar-refractivity contribution in [3.8, 4) is 0 Å². The number of allylic oxidation sites excluding steroid dienone is 1. The zero-order valence-corrected chi connectivity index (χ0v) is 21.7. The number of nitrogens with two attached hydrogens (primary N) is 1. The maximum atomic E-state index is 8.95. The molecule has 3 N–H and O–H groups in total. The van der Waals surface area contributed by atoms with Crippen LogP contribution in [-0.4, -0.2) is 60.6 Å². The molecular formula is C28H39N7O. The van der Waals surface area contributed by atoms with Crippen molar-refractivity contribution < 1.29 is 5.11 Å². The van der Waals surface area contributed by atoms with Crippen molar-refractivity contribution in [2.45, 2.75) is 46.6 Å². The highest BCUT2D eigenvalue weighted by molar-refractivity contribution is 5.65. The minimum atomic E-state index is 0.214. The van der Waals surface area contributed by atoms with Crippen molar-refractivity contribution in [3.05, 3.63) is 83.6 Å². The number of hydrogen-bond donors (Lipinski definition) is 2. The highest BCUT2D eigenvalue weighted by Crippen LogP contribution is 2.14. The van der Waals surface area contributed by atoms with E-state index in [0.29, 0.717) is 5.82 Å². The first kappa shape index (κ1) is 27.1. The number of aromatic nitrogens is 5. The molecule has 3 aromatic heterocycles. The Morgan fingerprint density at radius 1 is 1.08 bits per heavy atom. The van der Waals surface area contributed by atoms with Crippen LogP contribution in [0.3, 0.4) is 0 Å². The smallest absolute Gasteiger partial charge is 0.151 e. The minimum absolute atomic E-state index is 0.214. The fourth-order valence-electron chi connectivity index (χ4n) is 4.03. The van der Waals surface area contributed by atoms with E-state index in [4.69, 9.17) is 10.8 Å². The highest BCUT2D eigenvalue weighted by Gasteiger charge is 2.07.